The number of carbonyl (C=O) groups is 1. The molecular weight excluding hydrogens is 388 g/mol. The predicted octanol–water partition coefficient (Wildman–Crippen LogP) is 3.70. The Morgan fingerprint density at radius 2 is 2.06 bits per heavy atom. The van der Waals surface area contributed by atoms with Gasteiger partial charge in [-0.15, -0.1) is 0 Å². The van der Waals surface area contributed by atoms with Gasteiger partial charge in [-0.1, -0.05) is 18.2 Å². The Bertz CT molecular complexity index is 951. The minimum atomic E-state index is -0.354. The minimum Gasteiger partial charge on any atom is -0.496 e. The van der Waals surface area contributed by atoms with Crippen molar-refractivity contribution in [2.45, 2.75) is 51.6 Å². The summed E-state index contributed by atoms with van der Waals surface area (Å²) in [6.45, 7) is 8.62. The maximum Gasteiger partial charge on any atom is 0.230 e. The number of ether oxygens (including phenoxy) is 1. The van der Waals surface area contributed by atoms with Gasteiger partial charge in [-0.05, 0) is 45.1 Å². The molecule has 0 bridgehead atoms. The zero-order valence-electron chi connectivity index (χ0n) is 19.0. The van der Waals surface area contributed by atoms with E-state index >= 15 is 0 Å². The first-order chi connectivity index (χ1) is 15.0. The Morgan fingerprint density at radius 3 is 2.77 bits per heavy atom. The van der Waals surface area contributed by atoms with Gasteiger partial charge < -0.3 is 14.2 Å². The largest absolute Gasteiger partial charge is 0.496 e. The molecule has 1 aromatic heterocycles. The third-order valence-electron chi connectivity index (χ3n) is 7.49. The number of hydrogen-bond acceptors (Lipinski definition) is 4. The Balaban J connectivity index is 1.44. The number of benzene rings is 1. The molecule has 6 nitrogen and oxygen atoms in total. The van der Waals surface area contributed by atoms with Crippen molar-refractivity contribution < 1.29 is 9.53 Å². The number of para-hydroxylation sites is 1. The summed E-state index contributed by atoms with van der Waals surface area (Å²) in [7, 11) is 1.72. The summed E-state index contributed by atoms with van der Waals surface area (Å²) in [5.41, 5.74) is 1.89. The van der Waals surface area contributed by atoms with Crippen molar-refractivity contribution in [3.05, 3.63) is 48.0 Å². The normalized spacial score (nSPS) is 26.5. The molecule has 31 heavy (non-hydrogen) atoms. The highest BCUT2D eigenvalue weighted by Gasteiger charge is 2.58. The molecule has 5 rings (SSSR count). The smallest absolute Gasteiger partial charge is 0.230 e. The Labute approximate surface area is 185 Å². The predicted molar refractivity (Wildman–Crippen MR) is 120 cm³/mol. The van der Waals surface area contributed by atoms with Gasteiger partial charge in [-0.25, -0.2) is 4.98 Å². The van der Waals surface area contributed by atoms with Gasteiger partial charge in [-0.3, -0.25) is 9.69 Å². The summed E-state index contributed by atoms with van der Waals surface area (Å²) in [6, 6.07) is 8.58. The minimum absolute atomic E-state index is 0.138. The highest BCUT2D eigenvalue weighted by molar-refractivity contribution is 5.87. The third kappa shape index (κ3) is 3.75. The number of amides is 1. The molecule has 0 N–H and O–H groups in total. The van der Waals surface area contributed by atoms with E-state index in [2.05, 4.69) is 46.5 Å². The highest BCUT2D eigenvalue weighted by atomic mass is 16.5. The molecule has 1 aliphatic carbocycles. The van der Waals surface area contributed by atoms with Gasteiger partial charge in [0, 0.05) is 56.4 Å². The molecule has 2 saturated heterocycles. The molecule has 166 valence electrons. The summed E-state index contributed by atoms with van der Waals surface area (Å²) >= 11 is 0. The first-order valence-corrected chi connectivity index (χ1v) is 11.7. The molecular formula is C25H34N4O2. The van der Waals surface area contributed by atoms with Crippen molar-refractivity contribution in [3.8, 4) is 5.75 Å². The van der Waals surface area contributed by atoms with Gasteiger partial charge in [0.1, 0.15) is 5.75 Å². The molecule has 6 heteroatoms. The lowest BCUT2D eigenvalue weighted by Gasteiger charge is -2.28. The third-order valence-corrected chi connectivity index (χ3v) is 7.49. The maximum atomic E-state index is 13.8. The molecule has 2 aromatic rings. The van der Waals surface area contributed by atoms with Crippen LogP contribution in [-0.2, 0) is 11.3 Å². The maximum absolute atomic E-state index is 13.8. The molecule has 1 spiro atoms. The summed E-state index contributed by atoms with van der Waals surface area (Å²) in [6.07, 6.45) is 7.58. The molecule has 1 amide bonds. The number of imidazole rings is 1. The fraction of sp³-hybridized carbons (Fsp3) is 0.600. The van der Waals surface area contributed by atoms with Crippen LogP contribution < -0.4 is 4.74 Å². The molecule has 1 saturated carbocycles. The van der Waals surface area contributed by atoms with Crippen molar-refractivity contribution in [3.63, 3.8) is 0 Å². The second-order valence-corrected chi connectivity index (χ2v) is 9.97. The van der Waals surface area contributed by atoms with Crippen LogP contribution in [0.1, 0.15) is 56.3 Å². The summed E-state index contributed by atoms with van der Waals surface area (Å²) in [5.74, 6) is 2.13. The number of rotatable bonds is 7. The van der Waals surface area contributed by atoms with Crippen molar-refractivity contribution >= 4 is 5.91 Å². The lowest BCUT2D eigenvalue weighted by molar-refractivity contribution is -0.136. The first kappa shape index (κ1) is 20.6. The van der Waals surface area contributed by atoms with Crippen molar-refractivity contribution in [1.29, 1.82) is 0 Å². The topological polar surface area (TPSA) is 50.6 Å². The summed E-state index contributed by atoms with van der Waals surface area (Å²) in [5, 5.41) is 0. The number of nitrogens with zero attached hydrogens (tertiary/aromatic N) is 4. The Kier molecular flexibility index (Phi) is 5.29. The van der Waals surface area contributed by atoms with E-state index in [4.69, 9.17) is 9.72 Å². The average Bonchev–Trinajstić information content (AvgIpc) is 3.18. The van der Waals surface area contributed by atoms with Crippen LogP contribution in [-0.4, -0.2) is 58.5 Å². The Hall–Kier alpha value is -2.34. The van der Waals surface area contributed by atoms with Gasteiger partial charge >= 0.3 is 0 Å². The number of aromatic nitrogens is 2. The van der Waals surface area contributed by atoms with E-state index in [1.54, 1.807) is 7.11 Å². The molecule has 0 radical (unpaired) electrons. The van der Waals surface area contributed by atoms with Crippen LogP contribution in [0.3, 0.4) is 0 Å². The van der Waals surface area contributed by atoms with Crippen molar-refractivity contribution in [2.24, 2.45) is 11.3 Å². The number of hydrogen-bond donors (Lipinski definition) is 0. The zero-order valence-corrected chi connectivity index (χ0v) is 19.0. The van der Waals surface area contributed by atoms with E-state index in [1.807, 2.05) is 18.5 Å². The van der Waals surface area contributed by atoms with Crippen LogP contribution in [0, 0.1) is 11.3 Å². The molecule has 3 fully saturated rings. The SMILES string of the molecule is COc1ccccc1CN1C[C@H](c2cn(C(C)C)cn2)[C@@]2(CCN(CC3CC3)C2=O)C1. The standard InChI is InChI=1S/C25H34N4O2/c1-18(2)29-15-22(26-17-29)21-14-27(13-20-6-4-5-7-23(20)31-3)16-25(21)10-11-28(24(25)30)12-19-8-9-19/h4-7,15,17-19,21H,8-14,16H2,1-3H3/t21-,25-/m1/s1. The molecule has 2 aliphatic heterocycles. The lowest BCUT2D eigenvalue weighted by atomic mass is 9.75. The van der Waals surface area contributed by atoms with Gasteiger partial charge in [0.2, 0.25) is 5.91 Å². The van der Waals surface area contributed by atoms with Crippen molar-refractivity contribution in [1.82, 2.24) is 19.4 Å². The number of carbonyl (C=O) groups excluding carboxylic acids is 1. The quantitative estimate of drug-likeness (QED) is 0.683. The second kappa shape index (κ2) is 7.97. The van der Waals surface area contributed by atoms with Crippen LogP contribution >= 0.6 is 0 Å². The number of methoxy groups -OCH3 is 1. The number of likely N-dealkylation sites (tertiary alicyclic amines) is 2. The van der Waals surface area contributed by atoms with E-state index in [0.29, 0.717) is 11.9 Å². The summed E-state index contributed by atoms with van der Waals surface area (Å²) in [4.78, 5) is 23.2. The van der Waals surface area contributed by atoms with Crippen LogP contribution in [0.5, 0.6) is 5.75 Å². The van der Waals surface area contributed by atoms with Crippen molar-refractivity contribution in [2.75, 3.05) is 33.3 Å². The lowest BCUT2D eigenvalue weighted by Crippen LogP contribution is -2.40. The second-order valence-electron chi connectivity index (χ2n) is 9.97. The van der Waals surface area contributed by atoms with Crippen LogP contribution in [0.4, 0.5) is 0 Å². The van der Waals surface area contributed by atoms with E-state index in [1.165, 1.54) is 18.4 Å². The van der Waals surface area contributed by atoms with E-state index < -0.39 is 0 Å². The zero-order chi connectivity index (χ0) is 21.6. The molecule has 3 aliphatic rings. The molecule has 3 heterocycles. The Morgan fingerprint density at radius 1 is 1.26 bits per heavy atom. The molecule has 0 unspecified atom stereocenters. The van der Waals surface area contributed by atoms with E-state index in [-0.39, 0.29) is 11.3 Å². The van der Waals surface area contributed by atoms with E-state index in [9.17, 15) is 4.79 Å². The van der Waals surface area contributed by atoms with Gasteiger partial charge in [-0.2, -0.15) is 0 Å². The fourth-order valence-electron chi connectivity index (χ4n) is 5.51. The van der Waals surface area contributed by atoms with Crippen LogP contribution in [0.15, 0.2) is 36.8 Å². The first-order valence-electron chi connectivity index (χ1n) is 11.7. The van der Waals surface area contributed by atoms with Gasteiger partial charge in [0.15, 0.2) is 0 Å². The monoisotopic (exact) mass is 422 g/mol. The molecule has 2 atom stereocenters. The average molecular weight is 423 g/mol. The van der Waals surface area contributed by atoms with Crippen LogP contribution in [0.25, 0.3) is 0 Å². The highest BCUT2D eigenvalue weighted by Crippen LogP contribution is 2.50. The van der Waals surface area contributed by atoms with Crippen LogP contribution in [0.2, 0.25) is 0 Å². The van der Waals surface area contributed by atoms with Gasteiger partial charge in [0.05, 0.1) is 24.5 Å². The van der Waals surface area contributed by atoms with Gasteiger partial charge in [0.25, 0.3) is 0 Å². The summed E-state index contributed by atoms with van der Waals surface area (Å²) < 4.78 is 7.75. The van der Waals surface area contributed by atoms with E-state index in [0.717, 1.165) is 56.5 Å². The molecule has 1 aromatic carbocycles. The fourth-order valence-corrected chi connectivity index (χ4v) is 5.51.